The molecular weight excluding hydrogens is 290 g/mol. The lowest BCUT2D eigenvalue weighted by Crippen LogP contribution is -2.40. The molecule has 0 aromatic carbocycles. The van der Waals surface area contributed by atoms with E-state index in [4.69, 9.17) is 0 Å². The molecule has 0 aromatic rings. The molecule has 1 N–H and O–H groups in total. The molecule has 3 fully saturated rings. The van der Waals surface area contributed by atoms with Gasteiger partial charge in [0, 0.05) is 32.1 Å². The van der Waals surface area contributed by atoms with Crippen LogP contribution in [0.3, 0.4) is 0 Å². The van der Waals surface area contributed by atoms with E-state index in [2.05, 4.69) is 12.2 Å². The summed E-state index contributed by atoms with van der Waals surface area (Å²) in [6, 6.07) is 0.382. The van der Waals surface area contributed by atoms with Crippen LogP contribution in [0.2, 0.25) is 0 Å². The molecule has 2 unspecified atom stereocenters. The summed E-state index contributed by atoms with van der Waals surface area (Å²) in [5.41, 5.74) is 0. The number of rotatable bonds is 4. The summed E-state index contributed by atoms with van der Waals surface area (Å²) in [5.74, 6) is 1.67. The molecule has 3 aliphatic rings. The van der Waals surface area contributed by atoms with Gasteiger partial charge in [-0.2, -0.15) is 0 Å². The number of carbonyl (C=O) groups excluding carboxylic acids is 2. The lowest BCUT2D eigenvalue weighted by Gasteiger charge is -2.33. The van der Waals surface area contributed by atoms with Crippen LogP contribution in [0.15, 0.2) is 0 Å². The van der Waals surface area contributed by atoms with Gasteiger partial charge in [-0.3, -0.25) is 9.59 Å². The molecule has 130 valence electrons. The quantitative estimate of drug-likeness (QED) is 0.853. The van der Waals surface area contributed by atoms with Crippen LogP contribution in [-0.2, 0) is 9.59 Å². The Labute approximate surface area is 139 Å². The molecule has 1 saturated carbocycles. The van der Waals surface area contributed by atoms with Gasteiger partial charge >= 0.3 is 0 Å². The van der Waals surface area contributed by atoms with Gasteiger partial charge in [-0.1, -0.05) is 6.92 Å². The van der Waals surface area contributed by atoms with Gasteiger partial charge in [-0.25, -0.2) is 0 Å². The minimum absolute atomic E-state index is 0.102. The minimum Gasteiger partial charge on any atom is -0.342 e. The summed E-state index contributed by atoms with van der Waals surface area (Å²) in [6.45, 7) is 5.63. The lowest BCUT2D eigenvalue weighted by atomic mass is 9.86. The molecule has 5 nitrogen and oxygen atoms in total. The van der Waals surface area contributed by atoms with Gasteiger partial charge in [0.25, 0.3) is 0 Å². The number of hydrogen-bond acceptors (Lipinski definition) is 3. The van der Waals surface area contributed by atoms with Crippen molar-refractivity contribution in [2.24, 2.45) is 17.8 Å². The average Bonchev–Trinajstić information content (AvgIpc) is 3.15. The van der Waals surface area contributed by atoms with Crippen LogP contribution in [0.25, 0.3) is 0 Å². The van der Waals surface area contributed by atoms with Crippen LogP contribution in [0.1, 0.15) is 45.4 Å². The first kappa shape index (κ1) is 16.7. The zero-order chi connectivity index (χ0) is 16.4. The third kappa shape index (κ3) is 3.70. The summed E-state index contributed by atoms with van der Waals surface area (Å²) in [4.78, 5) is 29.2. The molecule has 5 heteroatoms. The number of likely N-dealkylation sites (tertiary alicyclic amines) is 2. The smallest absolute Gasteiger partial charge is 0.228 e. The molecular formula is C18H31N3O2. The molecule has 3 rings (SSSR count). The highest BCUT2D eigenvalue weighted by atomic mass is 16.2. The summed E-state index contributed by atoms with van der Waals surface area (Å²) in [5, 5.41) is 3.20. The van der Waals surface area contributed by atoms with Gasteiger partial charge < -0.3 is 15.1 Å². The molecule has 2 heterocycles. The SMILES string of the molecule is CNCC1CCN(C(=O)C2CC(=O)N(C3CCC(C)CC3)C2)C1. The van der Waals surface area contributed by atoms with Crippen LogP contribution in [-0.4, -0.2) is 60.9 Å². The van der Waals surface area contributed by atoms with Crippen molar-refractivity contribution < 1.29 is 9.59 Å². The largest absolute Gasteiger partial charge is 0.342 e. The van der Waals surface area contributed by atoms with Crippen LogP contribution in [0.4, 0.5) is 0 Å². The van der Waals surface area contributed by atoms with Gasteiger partial charge in [0.1, 0.15) is 0 Å². The Morgan fingerprint density at radius 1 is 1.17 bits per heavy atom. The normalized spacial score (nSPS) is 35.1. The van der Waals surface area contributed by atoms with E-state index < -0.39 is 0 Å². The molecule has 2 atom stereocenters. The minimum atomic E-state index is -0.102. The van der Waals surface area contributed by atoms with Crippen molar-refractivity contribution in [3.8, 4) is 0 Å². The predicted octanol–water partition coefficient (Wildman–Crippen LogP) is 1.48. The number of hydrogen-bond donors (Lipinski definition) is 1. The predicted molar refractivity (Wildman–Crippen MR) is 89.9 cm³/mol. The Kier molecular flexibility index (Phi) is 5.24. The average molecular weight is 321 g/mol. The highest BCUT2D eigenvalue weighted by Crippen LogP contribution is 2.32. The summed E-state index contributed by atoms with van der Waals surface area (Å²) >= 11 is 0. The van der Waals surface area contributed by atoms with Crippen molar-refractivity contribution in [3.05, 3.63) is 0 Å². The number of amides is 2. The lowest BCUT2D eigenvalue weighted by molar-refractivity contribution is -0.135. The van der Waals surface area contributed by atoms with Crippen molar-refractivity contribution in [2.75, 3.05) is 33.2 Å². The third-order valence-corrected chi connectivity index (χ3v) is 6.02. The zero-order valence-corrected chi connectivity index (χ0v) is 14.6. The van der Waals surface area contributed by atoms with E-state index in [1.165, 1.54) is 12.8 Å². The fraction of sp³-hybridized carbons (Fsp3) is 0.889. The van der Waals surface area contributed by atoms with Gasteiger partial charge in [0.15, 0.2) is 0 Å². The van der Waals surface area contributed by atoms with E-state index in [0.29, 0.717) is 24.9 Å². The Hall–Kier alpha value is -1.10. The number of nitrogens with zero attached hydrogens (tertiary/aromatic N) is 2. The Balaban J connectivity index is 1.54. The van der Waals surface area contributed by atoms with Crippen LogP contribution >= 0.6 is 0 Å². The topological polar surface area (TPSA) is 52.7 Å². The van der Waals surface area contributed by atoms with Gasteiger partial charge in [-0.15, -0.1) is 0 Å². The maximum Gasteiger partial charge on any atom is 0.228 e. The first-order valence-electron chi connectivity index (χ1n) is 9.31. The Morgan fingerprint density at radius 3 is 2.61 bits per heavy atom. The molecule has 0 spiro atoms. The Morgan fingerprint density at radius 2 is 1.91 bits per heavy atom. The second-order valence-corrected chi connectivity index (χ2v) is 7.86. The molecule has 0 radical (unpaired) electrons. The number of nitrogens with one attached hydrogen (secondary N) is 1. The van der Waals surface area contributed by atoms with Crippen molar-refractivity contribution in [1.82, 2.24) is 15.1 Å². The summed E-state index contributed by atoms with van der Waals surface area (Å²) in [7, 11) is 1.96. The summed E-state index contributed by atoms with van der Waals surface area (Å²) in [6.07, 6.45) is 6.16. The zero-order valence-electron chi connectivity index (χ0n) is 14.6. The second kappa shape index (κ2) is 7.20. The van der Waals surface area contributed by atoms with Crippen LogP contribution < -0.4 is 5.32 Å². The van der Waals surface area contributed by atoms with E-state index in [1.807, 2.05) is 16.8 Å². The fourth-order valence-electron chi connectivity index (χ4n) is 4.55. The van der Waals surface area contributed by atoms with E-state index in [1.54, 1.807) is 0 Å². The van der Waals surface area contributed by atoms with E-state index in [-0.39, 0.29) is 17.7 Å². The molecule has 2 aliphatic heterocycles. The van der Waals surface area contributed by atoms with E-state index in [0.717, 1.165) is 44.8 Å². The first-order valence-corrected chi connectivity index (χ1v) is 9.31. The van der Waals surface area contributed by atoms with Gasteiger partial charge in [-0.05, 0) is 57.5 Å². The standard InChI is InChI=1S/C18H31N3O2/c1-13-3-5-16(6-4-13)21-12-15(9-17(21)22)18(23)20-8-7-14(11-20)10-19-2/h13-16,19H,3-12H2,1-2H3. The van der Waals surface area contributed by atoms with Gasteiger partial charge in [0.2, 0.25) is 11.8 Å². The first-order chi connectivity index (χ1) is 11.1. The maximum atomic E-state index is 12.7. The van der Waals surface area contributed by atoms with Gasteiger partial charge in [0.05, 0.1) is 5.92 Å². The fourth-order valence-corrected chi connectivity index (χ4v) is 4.55. The van der Waals surface area contributed by atoms with Crippen LogP contribution in [0, 0.1) is 17.8 Å². The van der Waals surface area contributed by atoms with Crippen molar-refractivity contribution in [2.45, 2.75) is 51.5 Å². The molecule has 23 heavy (non-hydrogen) atoms. The third-order valence-electron chi connectivity index (χ3n) is 6.02. The molecule has 0 bridgehead atoms. The Bertz CT molecular complexity index is 446. The highest BCUT2D eigenvalue weighted by molar-refractivity contribution is 5.89. The molecule has 0 aromatic heterocycles. The molecule has 2 amide bonds. The molecule has 2 saturated heterocycles. The second-order valence-electron chi connectivity index (χ2n) is 7.86. The molecule has 1 aliphatic carbocycles. The number of carbonyl (C=O) groups is 2. The monoisotopic (exact) mass is 321 g/mol. The summed E-state index contributed by atoms with van der Waals surface area (Å²) < 4.78 is 0. The highest BCUT2D eigenvalue weighted by Gasteiger charge is 2.41. The van der Waals surface area contributed by atoms with E-state index in [9.17, 15) is 9.59 Å². The van der Waals surface area contributed by atoms with Crippen LogP contribution in [0.5, 0.6) is 0 Å². The van der Waals surface area contributed by atoms with E-state index >= 15 is 0 Å². The van der Waals surface area contributed by atoms with Crippen molar-refractivity contribution in [1.29, 1.82) is 0 Å². The maximum absolute atomic E-state index is 12.7. The van der Waals surface area contributed by atoms with Crippen molar-refractivity contribution >= 4 is 11.8 Å². The van der Waals surface area contributed by atoms with Crippen molar-refractivity contribution in [3.63, 3.8) is 0 Å².